The Balaban J connectivity index is 1.89. The number of amides is 1. The zero-order valence-corrected chi connectivity index (χ0v) is 19.5. The third-order valence-electron chi connectivity index (χ3n) is 5.43. The van der Waals surface area contributed by atoms with E-state index in [1.807, 2.05) is 13.8 Å². The highest BCUT2D eigenvalue weighted by molar-refractivity contribution is 7.14. The normalized spacial score (nSPS) is 16.1. The molecule has 1 atom stereocenters. The molecule has 2 aromatic carbocycles. The van der Waals surface area contributed by atoms with Crippen LogP contribution in [0.5, 0.6) is 5.75 Å². The minimum absolute atomic E-state index is 0.0172. The molecule has 1 amide bonds. The maximum atomic E-state index is 13.6. The molecule has 3 aromatic rings. The van der Waals surface area contributed by atoms with Crippen molar-refractivity contribution < 1.29 is 19.4 Å². The van der Waals surface area contributed by atoms with Crippen molar-refractivity contribution in [2.75, 3.05) is 12.0 Å². The van der Waals surface area contributed by atoms with E-state index in [9.17, 15) is 14.7 Å². The molecule has 164 valence electrons. The number of Topliss-reactive ketones (excluding diaryl/α,β-unsaturated/α-hetero) is 1. The minimum atomic E-state index is -0.832. The number of anilines is 1. The van der Waals surface area contributed by atoms with E-state index in [0.29, 0.717) is 32.6 Å². The average molecular weight is 469 g/mol. The molecule has 4 rings (SSSR count). The van der Waals surface area contributed by atoms with E-state index >= 15 is 0 Å². The molecule has 1 aliphatic rings. The molecule has 0 radical (unpaired) electrons. The van der Waals surface area contributed by atoms with Crippen molar-refractivity contribution in [3.63, 3.8) is 0 Å². The first-order valence-corrected chi connectivity index (χ1v) is 11.1. The van der Waals surface area contributed by atoms with E-state index in [0.717, 1.165) is 10.6 Å². The second kappa shape index (κ2) is 8.41. The Morgan fingerprint density at radius 3 is 2.41 bits per heavy atom. The van der Waals surface area contributed by atoms with E-state index < -0.39 is 23.5 Å². The van der Waals surface area contributed by atoms with Gasteiger partial charge in [-0.25, -0.2) is 4.98 Å². The fourth-order valence-corrected chi connectivity index (χ4v) is 4.85. The van der Waals surface area contributed by atoms with Gasteiger partial charge in [-0.15, -0.1) is 11.3 Å². The van der Waals surface area contributed by atoms with Crippen LogP contribution in [0, 0.1) is 20.8 Å². The molecule has 1 aromatic heterocycles. The number of aryl methyl sites for hydroxylation is 3. The maximum absolute atomic E-state index is 13.6. The average Bonchev–Trinajstić information content (AvgIpc) is 3.25. The minimum Gasteiger partial charge on any atom is -0.503 e. The number of benzene rings is 2. The standard InChI is InChI=1S/C24H21ClN2O4S/c1-12-5-8-16(11-18(12)25)27-20(15-6-9-17(31-4)10-7-15)19(22(29)24(27)30)21(28)23-13(2)26-14(3)32-23/h5-11,20,29H,1-4H3. The number of hydrogen-bond acceptors (Lipinski definition) is 6. The zero-order chi connectivity index (χ0) is 23.2. The molecule has 32 heavy (non-hydrogen) atoms. The Hall–Kier alpha value is -3.16. The number of carbonyl (C=O) groups is 2. The molecule has 0 saturated carbocycles. The third kappa shape index (κ3) is 3.67. The van der Waals surface area contributed by atoms with Gasteiger partial charge in [0.1, 0.15) is 5.75 Å². The van der Waals surface area contributed by atoms with Crippen LogP contribution in [0.3, 0.4) is 0 Å². The molecule has 0 spiro atoms. The molecule has 0 bridgehead atoms. The Bertz CT molecular complexity index is 1260. The van der Waals surface area contributed by atoms with Crippen molar-refractivity contribution in [2.45, 2.75) is 26.8 Å². The fraction of sp³-hybridized carbons (Fsp3) is 0.208. The Kier molecular flexibility index (Phi) is 5.79. The monoisotopic (exact) mass is 468 g/mol. The second-order valence-electron chi connectivity index (χ2n) is 7.52. The highest BCUT2D eigenvalue weighted by Gasteiger charge is 2.45. The Morgan fingerprint density at radius 2 is 1.84 bits per heavy atom. The predicted molar refractivity (Wildman–Crippen MR) is 125 cm³/mol. The van der Waals surface area contributed by atoms with E-state index in [1.54, 1.807) is 56.5 Å². The summed E-state index contributed by atoms with van der Waals surface area (Å²) < 4.78 is 5.24. The van der Waals surface area contributed by atoms with Crippen LogP contribution in [-0.2, 0) is 4.79 Å². The van der Waals surface area contributed by atoms with Crippen molar-refractivity contribution >= 4 is 40.3 Å². The quantitative estimate of drug-likeness (QED) is 0.499. The van der Waals surface area contributed by atoms with Crippen LogP contribution in [-0.4, -0.2) is 28.9 Å². The number of aliphatic hydroxyl groups excluding tert-OH is 1. The van der Waals surface area contributed by atoms with E-state index in [2.05, 4.69) is 4.98 Å². The number of hydrogen-bond donors (Lipinski definition) is 1. The van der Waals surface area contributed by atoms with E-state index in [4.69, 9.17) is 16.3 Å². The first-order valence-electron chi connectivity index (χ1n) is 9.88. The number of aromatic nitrogens is 1. The van der Waals surface area contributed by atoms with Crippen LogP contribution < -0.4 is 9.64 Å². The second-order valence-corrected chi connectivity index (χ2v) is 9.13. The largest absolute Gasteiger partial charge is 0.503 e. The molecule has 2 heterocycles. The topological polar surface area (TPSA) is 79.7 Å². The van der Waals surface area contributed by atoms with Crippen LogP contribution in [0.25, 0.3) is 0 Å². The lowest BCUT2D eigenvalue weighted by Crippen LogP contribution is -2.31. The summed E-state index contributed by atoms with van der Waals surface area (Å²) in [4.78, 5) is 32.9. The molecule has 1 N–H and O–H groups in total. The van der Waals surface area contributed by atoms with Gasteiger partial charge in [0.25, 0.3) is 5.91 Å². The van der Waals surface area contributed by atoms with Crippen molar-refractivity contribution in [3.8, 4) is 5.75 Å². The third-order valence-corrected chi connectivity index (χ3v) is 6.91. The highest BCUT2D eigenvalue weighted by Crippen LogP contribution is 2.43. The summed E-state index contributed by atoms with van der Waals surface area (Å²) in [6.45, 7) is 5.41. The zero-order valence-electron chi connectivity index (χ0n) is 18.0. The molecule has 0 saturated heterocycles. The summed E-state index contributed by atoms with van der Waals surface area (Å²) in [5.74, 6) is -1.01. The number of methoxy groups -OCH3 is 1. The Labute approximate surface area is 194 Å². The molecular formula is C24H21ClN2O4S. The van der Waals surface area contributed by atoms with Gasteiger partial charge in [0.2, 0.25) is 5.78 Å². The van der Waals surface area contributed by atoms with Crippen LogP contribution in [0.4, 0.5) is 5.69 Å². The molecule has 8 heteroatoms. The lowest BCUT2D eigenvalue weighted by Gasteiger charge is -2.27. The van der Waals surface area contributed by atoms with Gasteiger partial charge in [0.15, 0.2) is 5.76 Å². The number of ketones is 1. The molecule has 1 unspecified atom stereocenters. The predicted octanol–water partition coefficient (Wildman–Crippen LogP) is 5.51. The van der Waals surface area contributed by atoms with Gasteiger partial charge in [-0.3, -0.25) is 14.5 Å². The number of rotatable bonds is 5. The van der Waals surface area contributed by atoms with E-state index in [-0.39, 0.29) is 5.57 Å². The van der Waals surface area contributed by atoms with Gasteiger partial charge in [-0.2, -0.15) is 0 Å². The SMILES string of the molecule is COc1ccc(C2C(C(=O)c3sc(C)nc3C)=C(O)C(=O)N2c2ccc(C)c(Cl)c2)cc1. The lowest BCUT2D eigenvalue weighted by molar-refractivity contribution is -0.117. The first kappa shape index (κ1) is 22.0. The number of thiazole rings is 1. The summed E-state index contributed by atoms with van der Waals surface area (Å²) in [5, 5.41) is 12.1. The van der Waals surface area contributed by atoms with Gasteiger partial charge in [-0.1, -0.05) is 29.8 Å². The van der Waals surface area contributed by atoms with Crippen molar-refractivity contribution in [3.05, 3.63) is 85.5 Å². The summed E-state index contributed by atoms with van der Waals surface area (Å²) >= 11 is 7.56. The van der Waals surface area contributed by atoms with Crippen molar-refractivity contribution in [2.24, 2.45) is 0 Å². The van der Waals surface area contributed by atoms with Gasteiger partial charge in [0, 0.05) is 10.7 Å². The number of aliphatic hydroxyl groups is 1. The number of nitrogens with zero attached hydrogens (tertiary/aromatic N) is 2. The summed E-state index contributed by atoms with van der Waals surface area (Å²) in [7, 11) is 1.56. The number of halogens is 1. The van der Waals surface area contributed by atoms with Crippen LogP contribution in [0.2, 0.25) is 5.02 Å². The molecule has 1 aliphatic heterocycles. The van der Waals surface area contributed by atoms with Crippen LogP contribution in [0.15, 0.2) is 53.8 Å². The van der Waals surface area contributed by atoms with Crippen molar-refractivity contribution in [1.29, 1.82) is 0 Å². The maximum Gasteiger partial charge on any atom is 0.294 e. The molecule has 6 nitrogen and oxygen atoms in total. The van der Waals surface area contributed by atoms with Gasteiger partial charge in [-0.05, 0) is 56.2 Å². The van der Waals surface area contributed by atoms with Gasteiger partial charge < -0.3 is 9.84 Å². The highest BCUT2D eigenvalue weighted by atomic mass is 35.5. The number of ether oxygens (including phenoxy) is 1. The summed E-state index contributed by atoms with van der Waals surface area (Å²) in [6, 6.07) is 11.4. The Morgan fingerprint density at radius 1 is 1.16 bits per heavy atom. The van der Waals surface area contributed by atoms with Gasteiger partial charge >= 0.3 is 0 Å². The van der Waals surface area contributed by atoms with Gasteiger partial charge in [0.05, 0.1) is 34.3 Å². The number of carbonyl (C=O) groups excluding carboxylic acids is 2. The molecule has 0 aliphatic carbocycles. The van der Waals surface area contributed by atoms with Crippen LogP contribution >= 0.6 is 22.9 Å². The summed E-state index contributed by atoms with van der Waals surface area (Å²) in [6.07, 6.45) is 0. The van der Waals surface area contributed by atoms with E-state index in [1.165, 1.54) is 16.2 Å². The molecule has 0 fully saturated rings. The van der Waals surface area contributed by atoms with Crippen molar-refractivity contribution in [1.82, 2.24) is 4.98 Å². The fourth-order valence-electron chi connectivity index (χ4n) is 3.80. The first-order chi connectivity index (χ1) is 15.2. The lowest BCUT2D eigenvalue weighted by atomic mass is 9.94. The van der Waals surface area contributed by atoms with Crippen LogP contribution in [0.1, 0.15) is 37.5 Å². The molecular weight excluding hydrogens is 448 g/mol. The smallest absolute Gasteiger partial charge is 0.294 e. The summed E-state index contributed by atoms with van der Waals surface area (Å²) in [5.41, 5.74) is 2.58.